The van der Waals surface area contributed by atoms with Crippen molar-refractivity contribution in [2.75, 3.05) is 0 Å². The summed E-state index contributed by atoms with van der Waals surface area (Å²) in [7, 11) is 0. The van der Waals surface area contributed by atoms with Gasteiger partial charge in [-0.15, -0.1) is 0 Å². The molecule has 2 rings (SSSR count). The number of nitrogens with zero attached hydrogens (tertiary/aromatic N) is 1. The number of aliphatic carboxylic acids is 1. The number of carboxylic acids is 1. The Balaban J connectivity index is 2.24. The van der Waals surface area contributed by atoms with Gasteiger partial charge in [-0.2, -0.15) is 0 Å². The maximum Gasteiger partial charge on any atom is 0.308 e. The number of rotatable bonds is 2. The number of carboxylic acid groups (broad SMARTS) is 1. The second-order valence-corrected chi connectivity index (χ2v) is 6.57. The summed E-state index contributed by atoms with van der Waals surface area (Å²) in [5, 5.41) is 9.41. The third kappa shape index (κ3) is 2.37. The van der Waals surface area contributed by atoms with Gasteiger partial charge in [0, 0.05) is 18.5 Å². The van der Waals surface area contributed by atoms with Crippen molar-refractivity contribution in [2.45, 2.75) is 59.0 Å². The summed E-state index contributed by atoms with van der Waals surface area (Å²) in [5.41, 5.74) is 0. The van der Waals surface area contributed by atoms with E-state index in [2.05, 4.69) is 13.8 Å². The monoisotopic (exact) mass is 267 g/mol. The Kier molecular flexibility index (Phi) is 3.88. The van der Waals surface area contributed by atoms with Crippen molar-refractivity contribution in [3.05, 3.63) is 0 Å². The summed E-state index contributed by atoms with van der Waals surface area (Å²) < 4.78 is 0. The van der Waals surface area contributed by atoms with Crippen molar-refractivity contribution in [1.29, 1.82) is 0 Å². The molecule has 1 aliphatic carbocycles. The van der Waals surface area contributed by atoms with Crippen molar-refractivity contribution in [3.63, 3.8) is 0 Å². The molecule has 19 heavy (non-hydrogen) atoms. The van der Waals surface area contributed by atoms with Gasteiger partial charge in [-0.1, -0.05) is 20.8 Å². The van der Waals surface area contributed by atoms with E-state index >= 15 is 0 Å². The highest BCUT2D eigenvalue weighted by atomic mass is 16.4. The molecule has 6 unspecified atom stereocenters. The molecule has 108 valence electrons. The van der Waals surface area contributed by atoms with Gasteiger partial charge in [-0.05, 0) is 37.5 Å². The topological polar surface area (TPSA) is 57.6 Å². The Hall–Kier alpha value is -1.06. The van der Waals surface area contributed by atoms with Crippen molar-refractivity contribution in [2.24, 2.45) is 23.7 Å². The molecule has 0 radical (unpaired) electrons. The molecular weight excluding hydrogens is 242 g/mol. The third-order valence-electron chi connectivity index (χ3n) is 5.42. The molecule has 1 N–H and O–H groups in total. The largest absolute Gasteiger partial charge is 0.481 e. The van der Waals surface area contributed by atoms with Crippen LogP contribution in [0.2, 0.25) is 0 Å². The molecule has 1 saturated carbocycles. The Morgan fingerprint density at radius 1 is 1.16 bits per heavy atom. The van der Waals surface area contributed by atoms with Crippen LogP contribution in [-0.2, 0) is 9.59 Å². The first kappa shape index (κ1) is 14.4. The lowest BCUT2D eigenvalue weighted by molar-refractivity contribution is -0.157. The summed E-state index contributed by atoms with van der Waals surface area (Å²) in [4.78, 5) is 25.7. The van der Waals surface area contributed by atoms with Gasteiger partial charge in [-0.25, -0.2) is 0 Å². The predicted octanol–water partition coefficient (Wildman–Crippen LogP) is 2.38. The zero-order chi connectivity index (χ0) is 14.3. The molecule has 1 saturated heterocycles. The van der Waals surface area contributed by atoms with E-state index in [1.165, 1.54) is 0 Å². The molecule has 0 bridgehead atoms. The molecule has 6 atom stereocenters. The van der Waals surface area contributed by atoms with Gasteiger partial charge >= 0.3 is 5.97 Å². The van der Waals surface area contributed by atoms with Gasteiger partial charge in [0.1, 0.15) is 0 Å². The lowest BCUT2D eigenvalue weighted by atomic mass is 9.79. The van der Waals surface area contributed by atoms with Crippen LogP contribution in [0.25, 0.3) is 0 Å². The van der Waals surface area contributed by atoms with Crippen LogP contribution in [-0.4, -0.2) is 34.0 Å². The van der Waals surface area contributed by atoms with Crippen LogP contribution in [0.1, 0.15) is 47.0 Å². The van der Waals surface area contributed by atoms with E-state index in [-0.39, 0.29) is 23.9 Å². The molecule has 2 fully saturated rings. The summed E-state index contributed by atoms with van der Waals surface area (Å²) in [5.74, 6) is -0.0345. The number of amides is 1. The highest BCUT2D eigenvalue weighted by Crippen LogP contribution is 2.40. The number of carbonyl (C=O) groups is 2. The minimum absolute atomic E-state index is 0.0645. The molecule has 1 heterocycles. The molecule has 1 aliphatic heterocycles. The fraction of sp³-hybridized carbons (Fsp3) is 0.867. The molecule has 0 aromatic rings. The van der Waals surface area contributed by atoms with Crippen molar-refractivity contribution < 1.29 is 14.7 Å². The van der Waals surface area contributed by atoms with Gasteiger partial charge in [0.25, 0.3) is 0 Å². The fourth-order valence-corrected chi connectivity index (χ4v) is 4.05. The van der Waals surface area contributed by atoms with Crippen LogP contribution in [0.4, 0.5) is 0 Å². The SMILES string of the molecule is CC1CCC(N2C(=O)CC(C)C(C(=O)O)C2C)C1C. The van der Waals surface area contributed by atoms with Crippen LogP contribution in [0.5, 0.6) is 0 Å². The first-order valence-electron chi connectivity index (χ1n) is 7.38. The Morgan fingerprint density at radius 2 is 1.79 bits per heavy atom. The number of hydrogen-bond donors (Lipinski definition) is 1. The summed E-state index contributed by atoms with van der Waals surface area (Å²) in [6.07, 6.45) is 2.52. The van der Waals surface area contributed by atoms with Crippen LogP contribution in [0.3, 0.4) is 0 Å². The highest BCUT2D eigenvalue weighted by Gasteiger charge is 2.47. The molecule has 4 nitrogen and oxygen atoms in total. The maximum absolute atomic E-state index is 12.4. The zero-order valence-electron chi connectivity index (χ0n) is 12.3. The van der Waals surface area contributed by atoms with Crippen LogP contribution in [0.15, 0.2) is 0 Å². The first-order chi connectivity index (χ1) is 8.84. The second kappa shape index (κ2) is 5.14. The van der Waals surface area contributed by atoms with Crippen molar-refractivity contribution in [3.8, 4) is 0 Å². The van der Waals surface area contributed by atoms with Gasteiger partial charge < -0.3 is 10.0 Å². The first-order valence-corrected chi connectivity index (χ1v) is 7.38. The van der Waals surface area contributed by atoms with Crippen molar-refractivity contribution in [1.82, 2.24) is 4.90 Å². The maximum atomic E-state index is 12.4. The summed E-state index contributed by atoms with van der Waals surface area (Å²) in [6, 6.07) is 0.0401. The number of carbonyl (C=O) groups excluding carboxylic acids is 1. The molecule has 2 aliphatic rings. The van der Waals surface area contributed by atoms with E-state index in [0.29, 0.717) is 18.3 Å². The average molecular weight is 267 g/mol. The highest BCUT2D eigenvalue weighted by molar-refractivity contribution is 5.82. The van der Waals surface area contributed by atoms with Crippen LogP contribution in [0, 0.1) is 23.7 Å². The summed E-state index contributed by atoms with van der Waals surface area (Å²) >= 11 is 0. The van der Waals surface area contributed by atoms with Gasteiger partial charge in [0.2, 0.25) is 5.91 Å². The number of hydrogen-bond acceptors (Lipinski definition) is 2. The molecule has 0 spiro atoms. The standard InChI is InChI=1S/C15H25NO3/c1-8-5-6-12(10(8)3)16-11(4)14(15(18)19)9(2)7-13(16)17/h8-12,14H,5-7H2,1-4H3,(H,18,19). The second-order valence-electron chi connectivity index (χ2n) is 6.57. The van der Waals surface area contributed by atoms with E-state index in [1.54, 1.807) is 0 Å². The molecular formula is C15H25NO3. The minimum Gasteiger partial charge on any atom is -0.481 e. The smallest absolute Gasteiger partial charge is 0.308 e. The van der Waals surface area contributed by atoms with Crippen molar-refractivity contribution >= 4 is 11.9 Å². The summed E-state index contributed by atoms with van der Waals surface area (Å²) in [6.45, 7) is 8.20. The quantitative estimate of drug-likeness (QED) is 0.835. The normalized spacial score (nSPS) is 43.6. The Bertz CT molecular complexity index is 382. The van der Waals surface area contributed by atoms with Gasteiger partial charge in [0.05, 0.1) is 5.92 Å². The van der Waals surface area contributed by atoms with E-state index in [0.717, 1.165) is 12.8 Å². The van der Waals surface area contributed by atoms with Crippen LogP contribution < -0.4 is 0 Å². The lowest BCUT2D eigenvalue weighted by Crippen LogP contribution is -2.57. The fourth-order valence-electron chi connectivity index (χ4n) is 4.05. The molecule has 0 aromatic carbocycles. The van der Waals surface area contributed by atoms with Gasteiger partial charge in [0.15, 0.2) is 0 Å². The molecule has 4 heteroatoms. The predicted molar refractivity (Wildman–Crippen MR) is 72.6 cm³/mol. The Labute approximate surface area is 115 Å². The van der Waals surface area contributed by atoms with E-state index in [9.17, 15) is 14.7 Å². The van der Waals surface area contributed by atoms with E-state index in [4.69, 9.17) is 0 Å². The zero-order valence-corrected chi connectivity index (χ0v) is 12.3. The average Bonchev–Trinajstić information content (AvgIpc) is 2.60. The third-order valence-corrected chi connectivity index (χ3v) is 5.42. The van der Waals surface area contributed by atoms with E-state index in [1.807, 2.05) is 18.7 Å². The molecule has 0 aromatic heterocycles. The number of likely N-dealkylation sites (tertiary alicyclic amines) is 1. The van der Waals surface area contributed by atoms with E-state index < -0.39 is 11.9 Å². The van der Waals surface area contributed by atoms with Crippen LogP contribution >= 0.6 is 0 Å². The lowest BCUT2D eigenvalue weighted by Gasteiger charge is -2.45. The van der Waals surface area contributed by atoms with Gasteiger partial charge in [-0.3, -0.25) is 9.59 Å². The minimum atomic E-state index is -0.767. The number of piperidine rings is 1. The molecule has 1 amide bonds. The Morgan fingerprint density at radius 3 is 2.26 bits per heavy atom.